The SMILES string of the molecule is CCN(CC)CCOc1cc(C2(C)Cc3cc(F)ccc3N3C(SCc4c(F)cccc4Cl)=NCC32)ccc1Cl. The minimum absolute atomic E-state index is 0.0197. The summed E-state index contributed by atoms with van der Waals surface area (Å²) in [6.45, 7) is 10.3. The van der Waals surface area contributed by atoms with Crippen LogP contribution >= 0.6 is 35.0 Å². The summed E-state index contributed by atoms with van der Waals surface area (Å²) in [5.74, 6) is 0.369. The van der Waals surface area contributed by atoms with Crippen molar-refractivity contribution < 1.29 is 13.5 Å². The third-order valence-corrected chi connectivity index (χ3v) is 9.75. The van der Waals surface area contributed by atoms with Crippen LogP contribution in [-0.4, -0.2) is 48.9 Å². The maximum Gasteiger partial charge on any atom is 0.164 e. The number of rotatable bonds is 9. The van der Waals surface area contributed by atoms with Crippen molar-refractivity contribution in [1.82, 2.24) is 4.90 Å². The van der Waals surface area contributed by atoms with E-state index in [0.29, 0.717) is 46.7 Å². The van der Waals surface area contributed by atoms with E-state index in [1.807, 2.05) is 24.3 Å². The zero-order valence-corrected chi connectivity index (χ0v) is 25.2. The highest BCUT2D eigenvalue weighted by atomic mass is 35.5. The summed E-state index contributed by atoms with van der Waals surface area (Å²) in [6.07, 6.45) is 0.633. The van der Waals surface area contributed by atoms with Crippen molar-refractivity contribution in [2.24, 2.45) is 4.99 Å². The Morgan fingerprint density at radius 1 is 1.07 bits per heavy atom. The number of halogens is 4. The van der Waals surface area contributed by atoms with Crippen molar-refractivity contribution in [2.75, 3.05) is 37.7 Å². The number of ether oxygens (including phenoxy) is 1. The zero-order valence-electron chi connectivity index (χ0n) is 22.9. The summed E-state index contributed by atoms with van der Waals surface area (Å²) >= 11 is 14.3. The van der Waals surface area contributed by atoms with E-state index in [4.69, 9.17) is 32.9 Å². The fourth-order valence-electron chi connectivity index (χ4n) is 5.67. The van der Waals surface area contributed by atoms with E-state index in [1.165, 1.54) is 23.9 Å². The molecule has 212 valence electrons. The smallest absolute Gasteiger partial charge is 0.164 e. The van der Waals surface area contributed by atoms with Gasteiger partial charge in [0.25, 0.3) is 0 Å². The van der Waals surface area contributed by atoms with Gasteiger partial charge < -0.3 is 14.5 Å². The second kappa shape index (κ2) is 12.3. The van der Waals surface area contributed by atoms with Crippen LogP contribution in [0.1, 0.15) is 37.5 Å². The number of nitrogens with zero attached hydrogens (tertiary/aromatic N) is 3. The van der Waals surface area contributed by atoms with Crippen LogP contribution in [0.3, 0.4) is 0 Å². The van der Waals surface area contributed by atoms with E-state index in [0.717, 1.165) is 41.6 Å². The van der Waals surface area contributed by atoms with Crippen LogP contribution in [0.25, 0.3) is 0 Å². The van der Waals surface area contributed by atoms with E-state index in [1.54, 1.807) is 18.2 Å². The lowest BCUT2D eigenvalue weighted by Gasteiger charge is -2.47. The van der Waals surface area contributed by atoms with Crippen LogP contribution < -0.4 is 9.64 Å². The van der Waals surface area contributed by atoms with E-state index in [-0.39, 0.29) is 17.7 Å². The molecule has 0 spiro atoms. The number of benzene rings is 3. The Kier molecular flexibility index (Phi) is 8.95. The van der Waals surface area contributed by atoms with Crippen LogP contribution in [0.4, 0.5) is 14.5 Å². The van der Waals surface area contributed by atoms with Crippen LogP contribution in [0.5, 0.6) is 5.75 Å². The van der Waals surface area contributed by atoms with Gasteiger partial charge in [-0.05, 0) is 73.1 Å². The molecule has 9 heteroatoms. The van der Waals surface area contributed by atoms with Gasteiger partial charge in [-0.1, -0.05) is 67.9 Å². The number of thioether (sulfide) groups is 1. The van der Waals surface area contributed by atoms with E-state index in [2.05, 4.69) is 30.6 Å². The summed E-state index contributed by atoms with van der Waals surface area (Å²) in [6, 6.07) is 15.5. The molecule has 0 fully saturated rings. The van der Waals surface area contributed by atoms with Gasteiger partial charge in [0.1, 0.15) is 24.0 Å². The summed E-state index contributed by atoms with van der Waals surface area (Å²) in [4.78, 5) is 9.39. The van der Waals surface area contributed by atoms with E-state index in [9.17, 15) is 8.78 Å². The lowest BCUT2D eigenvalue weighted by Crippen LogP contribution is -2.54. The molecule has 3 aromatic rings. The van der Waals surface area contributed by atoms with Crippen LogP contribution in [0, 0.1) is 11.6 Å². The molecule has 2 aliphatic heterocycles. The Hall–Kier alpha value is -2.32. The lowest BCUT2D eigenvalue weighted by atomic mass is 9.68. The first-order valence-corrected chi connectivity index (χ1v) is 15.3. The second-order valence-corrected chi connectivity index (χ2v) is 12.1. The molecule has 0 saturated heterocycles. The lowest BCUT2D eigenvalue weighted by molar-refractivity contribution is 0.222. The van der Waals surface area contributed by atoms with Gasteiger partial charge >= 0.3 is 0 Å². The molecule has 4 nitrogen and oxygen atoms in total. The van der Waals surface area contributed by atoms with E-state index >= 15 is 0 Å². The molecule has 0 aliphatic carbocycles. The predicted molar refractivity (Wildman–Crippen MR) is 163 cm³/mol. The van der Waals surface area contributed by atoms with Crippen LogP contribution in [0.15, 0.2) is 59.6 Å². The zero-order chi connectivity index (χ0) is 28.4. The molecular weight excluding hydrogens is 571 g/mol. The first-order valence-electron chi connectivity index (χ1n) is 13.6. The average Bonchev–Trinajstić information content (AvgIpc) is 3.37. The highest BCUT2D eigenvalue weighted by Gasteiger charge is 2.48. The molecule has 2 unspecified atom stereocenters. The Labute approximate surface area is 249 Å². The monoisotopic (exact) mass is 603 g/mol. The molecule has 2 aliphatic rings. The van der Waals surface area contributed by atoms with Gasteiger partial charge in [0, 0.05) is 34.0 Å². The number of anilines is 1. The Balaban J connectivity index is 1.45. The van der Waals surface area contributed by atoms with Gasteiger partial charge in [0.2, 0.25) is 0 Å². The number of amidine groups is 1. The number of hydrogen-bond donors (Lipinski definition) is 0. The topological polar surface area (TPSA) is 28.1 Å². The fourth-order valence-corrected chi connectivity index (χ4v) is 7.25. The third kappa shape index (κ3) is 5.71. The van der Waals surface area contributed by atoms with Crippen LogP contribution in [-0.2, 0) is 17.6 Å². The maximum atomic E-state index is 14.5. The number of aliphatic imine (C=N–C) groups is 1. The standard InChI is InChI=1S/C31H33Cl2F2N3OS/c1-4-37(5-2)13-14-39-28-16-21(9-11-25(28)33)31(3)17-20-15-22(34)10-12-27(20)38-29(31)18-36-30(38)40-19-23-24(32)7-6-8-26(23)35/h6-12,15-16,29H,4-5,13-14,17-19H2,1-3H3. The minimum Gasteiger partial charge on any atom is -0.491 e. The summed E-state index contributed by atoms with van der Waals surface area (Å²) in [7, 11) is 0. The number of likely N-dealkylation sites (N-methyl/N-ethyl adjacent to an activating group) is 1. The largest absolute Gasteiger partial charge is 0.491 e. The molecule has 40 heavy (non-hydrogen) atoms. The molecule has 0 saturated carbocycles. The average molecular weight is 605 g/mol. The van der Waals surface area contributed by atoms with Gasteiger partial charge in [-0.3, -0.25) is 4.99 Å². The molecule has 0 radical (unpaired) electrons. The summed E-state index contributed by atoms with van der Waals surface area (Å²) in [5, 5.41) is 1.72. The third-order valence-electron chi connectivity index (χ3n) is 8.07. The molecule has 0 aromatic heterocycles. The van der Waals surface area contributed by atoms with Crippen molar-refractivity contribution in [2.45, 2.75) is 44.4 Å². The highest BCUT2D eigenvalue weighted by Crippen LogP contribution is 2.48. The number of fused-ring (bicyclic) bond motifs is 3. The Morgan fingerprint density at radius 3 is 2.62 bits per heavy atom. The normalized spacial score (nSPS) is 19.9. The van der Waals surface area contributed by atoms with Gasteiger partial charge in [-0.25, -0.2) is 8.78 Å². The predicted octanol–water partition coefficient (Wildman–Crippen LogP) is 7.98. The summed E-state index contributed by atoms with van der Waals surface area (Å²) in [5.41, 5.74) is 2.92. The highest BCUT2D eigenvalue weighted by molar-refractivity contribution is 8.13. The second-order valence-electron chi connectivity index (χ2n) is 10.4. The molecule has 5 rings (SSSR count). The first-order chi connectivity index (χ1) is 19.2. The van der Waals surface area contributed by atoms with Gasteiger partial charge in [0.15, 0.2) is 5.17 Å². The Morgan fingerprint density at radius 2 is 1.88 bits per heavy atom. The van der Waals surface area contributed by atoms with Gasteiger partial charge in [-0.2, -0.15) is 0 Å². The van der Waals surface area contributed by atoms with Crippen molar-refractivity contribution in [1.29, 1.82) is 0 Å². The molecule has 3 aromatic carbocycles. The van der Waals surface area contributed by atoms with Crippen molar-refractivity contribution in [3.63, 3.8) is 0 Å². The van der Waals surface area contributed by atoms with E-state index < -0.39 is 5.41 Å². The number of hydrogen-bond acceptors (Lipinski definition) is 5. The maximum absolute atomic E-state index is 14.5. The minimum atomic E-state index is -0.413. The van der Waals surface area contributed by atoms with Crippen molar-refractivity contribution in [3.8, 4) is 5.75 Å². The van der Waals surface area contributed by atoms with Crippen molar-refractivity contribution in [3.05, 3.63) is 93.0 Å². The van der Waals surface area contributed by atoms with Crippen LogP contribution in [0.2, 0.25) is 10.0 Å². The molecule has 2 atom stereocenters. The molecule has 0 amide bonds. The van der Waals surface area contributed by atoms with Crippen molar-refractivity contribution >= 4 is 45.8 Å². The van der Waals surface area contributed by atoms with Gasteiger partial charge in [0.05, 0.1) is 17.6 Å². The molecule has 2 heterocycles. The fraction of sp³-hybridized carbons (Fsp3) is 0.387. The quantitative estimate of drug-likeness (QED) is 0.248. The van der Waals surface area contributed by atoms with Gasteiger partial charge in [-0.15, -0.1) is 0 Å². The summed E-state index contributed by atoms with van der Waals surface area (Å²) < 4.78 is 35.1. The molecular formula is C31H33Cl2F2N3OS. The molecule has 0 bridgehead atoms. The Bertz CT molecular complexity index is 1400. The molecule has 0 N–H and O–H groups in total. The first kappa shape index (κ1) is 29.2.